The quantitative estimate of drug-likeness (QED) is 0.0694. The van der Waals surface area contributed by atoms with Gasteiger partial charge in [0.25, 0.3) is 5.91 Å². The molecule has 10 nitrogen and oxygen atoms in total. The SMILES string of the molecule is CCCOc1c2cc(N)cc1Cc1cc(N)cc(c1OCCC)Cc1cc(N)cc(c1OCC(=O)N[C@H](C)C1CCCCC1)Cc1cc(N)cc(c1OCCC)C2. The predicted molar refractivity (Wildman–Crippen MR) is 232 cm³/mol. The molecule has 6 rings (SSSR count). The standard InChI is InChI=1S/C47H63N5O5/c1-5-13-54-44-31-16-33-22-40(49)24-35(45(33)55-14-6-2)18-37-26-42(51)27-38(47(37)57-28-43(53)52-29(4)30-11-9-8-10-12-30)19-36-25-41(50)23-34(46(36)56-15-7-3)17-32(44)21-39(48)20-31/h20-27,29-30H,5-19,28,48-51H2,1-4H3,(H,52,53)/t29-/m1/s1. The summed E-state index contributed by atoms with van der Waals surface area (Å²) in [7, 11) is 0. The lowest BCUT2D eigenvalue weighted by Gasteiger charge is -2.28. The summed E-state index contributed by atoms with van der Waals surface area (Å²) in [5, 5.41) is 3.24. The van der Waals surface area contributed by atoms with E-state index < -0.39 is 0 Å². The average Bonchev–Trinajstić information content (AvgIpc) is 3.16. The molecule has 1 atom stereocenters. The second-order valence-corrected chi connectivity index (χ2v) is 16.0. The van der Waals surface area contributed by atoms with Crippen LogP contribution in [0.5, 0.6) is 23.0 Å². The third-order valence-electron chi connectivity index (χ3n) is 11.0. The van der Waals surface area contributed by atoms with E-state index in [-0.39, 0.29) is 18.6 Å². The molecule has 306 valence electrons. The number of hydrogen-bond donors (Lipinski definition) is 5. The van der Waals surface area contributed by atoms with Crippen LogP contribution >= 0.6 is 0 Å². The molecule has 2 aliphatic rings. The summed E-state index contributed by atoms with van der Waals surface area (Å²) in [6, 6.07) is 15.8. The molecule has 0 unspecified atom stereocenters. The Hall–Kier alpha value is -5.25. The van der Waals surface area contributed by atoms with Gasteiger partial charge < -0.3 is 47.2 Å². The predicted octanol–water partition coefficient (Wildman–Crippen LogP) is 8.52. The minimum atomic E-state index is -0.151. The maximum atomic E-state index is 13.6. The topological polar surface area (TPSA) is 170 Å². The van der Waals surface area contributed by atoms with Crippen molar-refractivity contribution in [3.63, 3.8) is 0 Å². The number of ether oxygens (including phenoxy) is 4. The van der Waals surface area contributed by atoms with E-state index in [9.17, 15) is 4.79 Å². The molecule has 0 saturated heterocycles. The van der Waals surface area contributed by atoms with Gasteiger partial charge in [0.15, 0.2) is 6.61 Å². The van der Waals surface area contributed by atoms with Crippen molar-refractivity contribution in [2.75, 3.05) is 49.4 Å². The van der Waals surface area contributed by atoms with Crippen molar-refractivity contribution in [3.05, 3.63) is 93.0 Å². The highest BCUT2D eigenvalue weighted by molar-refractivity contribution is 5.78. The van der Waals surface area contributed by atoms with Crippen molar-refractivity contribution >= 4 is 28.7 Å². The molecule has 4 aromatic rings. The Morgan fingerprint density at radius 1 is 0.544 bits per heavy atom. The molecule has 0 aliphatic heterocycles. The second kappa shape index (κ2) is 19.3. The summed E-state index contributed by atoms with van der Waals surface area (Å²) < 4.78 is 26.4. The van der Waals surface area contributed by atoms with Gasteiger partial charge in [0, 0.05) is 99.0 Å². The molecule has 2 aliphatic carbocycles. The number of nitrogens with one attached hydrogen (secondary N) is 1. The maximum Gasteiger partial charge on any atom is 0.258 e. The number of anilines is 4. The Kier molecular flexibility index (Phi) is 14.0. The number of fused-ring (bicyclic) bond motifs is 8. The lowest BCUT2D eigenvalue weighted by Crippen LogP contribution is -2.41. The smallest absolute Gasteiger partial charge is 0.258 e. The van der Waals surface area contributed by atoms with Crippen molar-refractivity contribution in [3.8, 4) is 23.0 Å². The highest BCUT2D eigenvalue weighted by atomic mass is 16.5. The molecule has 57 heavy (non-hydrogen) atoms. The number of hydrogen-bond acceptors (Lipinski definition) is 9. The number of carbonyl (C=O) groups excluding carboxylic acids is 1. The average molecular weight is 778 g/mol. The zero-order valence-corrected chi connectivity index (χ0v) is 34.4. The van der Waals surface area contributed by atoms with Crippen LogP contribution in [0.15, 0.2) is 48.5 Å². The van der Waals surface area contributed by atoms with Crippen LogP contribution in [0, 0.1) is 5.92 Å². The molecule has 1 fully saturated rings. The van der Waals surface area contributed by atoms with Crippen LogP contribution in [0.2, 0.25) is 0 Å². The highest BCUT2D eigenvalue weighted by Crippen LogP contribution is 2.42. The summed E-state index contributed by atoms with van der Waals surface area (Å²) in [5.41, 5.74) is 36.3. The summed E-state index contributed by atoms with van der Waals surface area (Å²) in [6.07, 6.45) is 10.2. The van der Waals surface area contributed by atoms with Crippen LogP contribution < -0.4 is 47.2 Å². The fourth-order valence-corrected chi connectivity index (χ4v) is 8.54. The third kappa shape index (κ3) is 10.4. The van der Waals surface area contributed by atoms with Crippen molar-refractivity contribution in [2.24, 2.45) is 5.92 Å². The van der Waals surface area contributed by atoms with Gasteiger partial charge in [0.2, 0.25) is 0 Å². The molecule has 0 spiro atoms. The Bertz CT molecular complexity index is 1910. The van der Waals surface area contributed by atoms with Gasteiger partial charge in [-0.3, -0.25) is 4.79 Å². The van der Waals surface area contributed by atoms with Gasteiger partial charge in [-0.25, -0.2) is 0 Å². The summed E-state index contributed by atoms with van der Waals surface area (Å²) in [4.78, 5) is 13.6. The number of rotatable bonds is 14. The molecule has 0 heterocycles. The number of carbonyl (C=O) groups is 1. The zero-order chi connectivity index (χ0) is 40.5. The maximum absolute atomic E-state index is 13.6. The van der Waals surface area contributed by atoms with E-state index in [1.807, 2.05) is 48.5 Å². The molecule has 0 aromatic heterocycles. The van der Waals surface area contributed by atoms with Gasteiger partial charge >= 0.3 is 0 Å². The molecule has 8 bridgehead atoms. The van der Waals surface area contributed by atoms with Crippen molar-refractivity contribution < 1.29 is 23.7 Å². The normalized spacial score (nSPS) is 14.7. The number of benzene rings is 4. The summed E-state index contributed by atoms with van der Waals surface area (Å²) in [5.74, 6) is 3.22. The van der Waals surface area contributed by atoms with Gasteiger partial charge in [-0.1, -0.05) is 40.0 Å². The Morgan fingerprint density at radius 2 is 0.842 bits per heavy atom. The molecular formula is C47H63N5O5. The molecule has 1 amide bonds. The zero-order valence-electron chi connectivity index (χ0n) is 34.4. The van der Waals surface area contributed by atoms with Crippen LogP contribution in [0.1, 0.15) is 124 Å². The van der Waals surface area contributed by atoms with Gasteiger partial charge in [-0.15, -0.1) is 0 Å². The van der Waals surface area contributed by atoms with E-state index in [1.165, 1.54) is 19.3 Å². The lowest BCUT2D eigenvalue weighted by atomic mass is 9.84. The number of amides is 1. The first-order valence-electron chi connectivity index (χ1n) is 21.0. The van der Waals surface area contributed by atoms with E-state index >= 15 is 0 Å². The first-order chi connectivity index (χ1) is 27.6. The van der Waals surface area contributed by atoms with Gasteiger partial charge in [-0.05, 0) is 93.5 Å². The Balaban J connectivity index is 1.53. The summed E-state index contributed by atoms with van der Waals surface area (Å²) in [6.45, 7) is 9.83. The van der Waals surface area contributed by atoms with Crippen molar-refractivity contribution in [2.45, 2.75) is 111 Å². The van der Waals surface area contributed by atoms with E-state index in [0.717, 1.165) is 93.9 Å². The van der Waals surface area contributed by atoms with Gasteiger partial charge in [0.1, 0.15) is 23.0 Å². The first kappa shape index (κ1) is 41.4. The molecule has 9 N–H and O–H groups in total. The van der Waals surface area contributed by atoms with Crippen molar-refractivity contribution in [1.29, 1.82) is 0 Å². The monoisotopic (exact) mass is 777 g/mol. The number of nitrogens with two attached hydrogens (primary N) is 4. The third-order valence-corrected chi connectivity index (χ3v) is 11.0. The Morgan fingerprint density at radius 3 is 1.14 bits per heavy atom. The summed E-state index contributed by atoms with van der Waals surface area (Å²) >= 11 is 0. The molecule has 4 aromatic carbocycles. The van der Waals surface area contributed by atoms with E-state index in [2.05, 4.69) is 33.0 Å². The van der Waals surface area contributed by atoms with Crippen LogP contribution in [-0.4, -0.2) is 38.4 Å². The minimum absolute atomic E-state index is 0.0705. The lowest BCUT2D eigenvalue weighted by molar-refractivity contribution is -0.124. The van der Waals surface area contributed by atoms with Crippen LogP contribution in [-0.2, 0) is 30.5 Å². The molecular weight excluding hydrogens is 715 g/mol. The minimum Gasteiger partial charge on any atom is -0.493 e. The molecule has 10 heteroatoms. The van der Waals surface area contributed by atoms with E-state index in [4.69, 9.17) is 41.9 Å². The van der Waals surface area contributed by atoms with Crippen molar-refractivity contribution in [1.82, 2.24) is 5.32 Å². The largest absolute Gasteiger partial charge is 0.493 e. The van der Waals surface area contributed by atoms with Gasteiger partial charge in [0.05, 0.1) is 19.8 Å². The molecule has 1 saturated carbocycles. The highest BCUT2D eigenvalue weighted by Gasteiger charge is 2.25. The Labute approximate surface area is 339 Å². The van der Waals surface area contributed by atoms with Crippen LogP contribution in [0.4, 0.5) is 22.7 Å². The van der Waals surface area contributed by atoms with Crippen LogP contribution in [0.3, 0.4) is 0 Å². The van der Waals surface area contributed by atoms with Gasteiger partial charge in [-0.2, -0.15) is 0 Å². The first-order valence-corrected chi connectivity index (χ1v) is 21.0. The molecule has 0 radical (unpaired) electrons. The van der Waals surface area contributed by atoms with E-state index in [0.29, 0.717) is 79.9 Å². The fraction of sp³-hybridized carbons (Fsp3) is 0.468. The van der Waals surface area contributed by atoms with Crippen LogP contribution in [0.25, 0.3) is 0 Å². The number of nitrogen functional groups attached to an aromatic ring is 4. The fourth-order valence-electron chi connectivity index (χ4n) is 8.54. The second-order valence-electron chi connectivity index (χ2n) is 16.0. The van der Waals surface area contributed by atoms with E-state index in [1.54, 1.807) is 0 Å².